The number of phenols is 2. The fourth-order valence-electron chi connectivity index (χ4n) is 1.99. The molecule has 114 valence electrons. The molecule has 0 fully saturated rings. The largest absolute Gasteiger partial charge is 0.508 e. The van der Waals surface area contributed by atoms with E-state index in [2.05, 4.69) is 13.8 Å². The number of aromatic hydroxyl groups is 2. The first-order valence-corrected chi connectivity index (χ1v) is 7.71. The van der Waals surface area contributed by atoms with Crippen molar-refractivity contribution in [2.24, 2.45) is 0 Å². The van der Waals surface area contributed by atoms with Crippen LogP contribution in [0.2, 0.25) is 0 Å². The molecule has 0 bridgehead atoms. The maximum absolute atomic E-state index is 8.98. The molecule has 0 saturated carbocycles. The highest BCUT2D eigenvalue weighted by Gasteiger charge is 1.91. The molecule has 0 unspecified atom stereocenters. The van der Waals surface area contributed by atoms with Crippen LogP contribution in [0.25, 0.3) is 0 Å². The summed E-state index contributed by atoms with van der Waals surface area (Å²) in [6.07, 6.45) is 5.83. The smallest absolute Gasteiger partial charge is 0.115 e. The first-order valence-electron chi connectivity index (χ1n) is 7.71. The Morgan fingerprint density at radius 1 is 0.619 bits per heavy atom. The third kappa shape index (κ3) is 7.40. The van der Waals surface area contributed by atoms with Crippen LogP contribution in [0.3, 0.4) is 0 Å². The van der Waals surface area contributed by atoms with Crippen molar-refractivity contribution in [2.75, 3.05) is 0 Å². The minimum Gasteiger partial charge on any atom is -0.508 e. The SMILES string of the molecule is CCCCc1ccc(O)cc1.CCCc1ccc(O)cc1. The molecule has 0 aliphatic rings. The Bertz CT molecular complexity index is 486. The third-order valence-corrected chi connectivity index (χ3v) is 3.23. The van der Waals surface area contributed by atoms with Gasteiger partial charge in [-0.3, -0.25) is 0 Å². The second-order valence-corrected chi connectivity index (χ2v) is 5.19. The molecule has 0 aliphatic heterocycles. The standard InChI is InChI=1S/C10H14O.C9H12O/c1-2-3-4-9-5-7-10(11)8-6-9;1-2-3-8-4-6-9(10)7-5-8/h5-8,11H,2-4H2,1H3;4-7,10H,2-3H2,1H3. The number of hydrogen-bond acceptors (Lipinski definition) is 2. The molecule has 2 aromatic carbocycles. The minimum atomic E-state index is 0.347. The van der Waals surface area contributed by atoms with Gasteiger partial charge in [0.15, 0.2) is 0 Å². The maximum Gasteiger partial charge on any atom is 0.115 e. The van der Waals surface area contributed by atoms with E-state index in [1.165, 1.54) is 24.0 Å². The molecule has 2 aromatic rings. The van der Waals surface area contributed by atoms with E-state index in [0.29, 0.717) is 11.5 Å². The summed E-state index contributed by atoms with van der Waals surface area (Å²) in [4.78, 5) is 0. The highest BCUT2D eigenvalue weighted by atomic mass is 16.3. The zero-order chi connectivity index (χ0) is 15.5. The molecule has 0 aromatic heterocycles. The van der Waals surface area contributed by atoms with Crippen molar-refractivity contribution in [3.63, 3.8) is 0 Å². The van der Waals surface area contributed by atoms with Gasteiger partial charge in [0.1, 0.15) is 11.5 Å². The lowest BCUT2D eigenvalue weighted by Crippen LogP contribution is -1.82. The van der Waals surface area contributed by atoms with Crippen LogP contribution in [0.15, 0.2) is 48.5 Å². The Labute approximate surface area is 128 Å². The van der Waals surface area contributed by atoms with E-state index in [0.717, 1.165) is 19.3 Å². The fourth-order valence-corrected chi connectivity index (χ4v) is 1.99. The molecule has 2 rings (SSSR count). The molecule has 2 N–H and O–H groups in total. The van der Waals surface area contributed by atoms with Crippen molar-refractivity contribution in [3.8, 4) is 11.5 Å². The molecule has 0 heterocycles. The molecule has 0 amide bonds. The van der Waals surface area contributed by atoms with Gasteiger partial charge in [0.05, 0.1) is 0 Å². The number of benzene rings is 2. The second kappa shape index (κ2) is 9.87. The molecular formula is C19H26O2. The first kappa shape index (κ1) is 17.1. The molecule has 0 atom stereocenters. The van der Waals surface area contributed by atoms with Gasteiger partial charge in [0.25, 0.3) is 0 Å². The Balaban J connectivity index is 0.000000211. The summed E-state index contributed by atoms with van der Waals surface area (Å²) in [6, 6.07) is 14.8. The number of unbranched alkanes of at least 4 members (excludes halogenated alkanes) is 1. The predicted octanol–water partition coefficient (Wildman–Crippen LogP) is 5.08. The van der Waals surface area contributed by atoms with Crippen LogP contribution < -0.4 is 0 Å². The van der Waals surface area contributed by atoms with Crippen LogP contribution >= 0.6 is 0 Å². The van der Waals surface area contributed by atoms with Crippen molar-refractivity contribution in [1.29, 1.82) is 0 Å². The van der Waals surface area contributed by atoms with E-state index in [1.54, 1.807) is 24.3 Å². The zero-order valence-electron chi connectivity index (χ0n) is 13.0. The third-order valence-electron chi connectivity index (χ3n) is 3.23. The van der Waals surface area contributed by atoms with E-state index in [1.807, 2.05) is 24.3 Å². The summed E-state index contributed by atoms with van der Waals surface area (Å²) in [5.41, 5.74) is 2.60. The van der Waals surface area contributed by atoms with E-state index in [-0.39, 0.29) is 0 Å². The summed E-state index contributed by atoms with van der Waals surface area (Å²) >= 11 is 0. The Kier molecular flexibility index (Phi) is 8.03. The topological polar surface area (TPSA) is 40.5 Å². The fraction of sp³-hybridized carbons (Fsp3) is 0.368. The summed E-state index contributed by atoms with van der Waals surface area (Å²) in [5, 5.41) is 17.9. The molecule has 0 spiro atoms. The van der Waals surface area contributed by atoms with Crippen LogP contribution in [0.1, 0.15) is 44.2 Å². The second-order valence-electron chi connectivity index (χ2n) is 5.19. The van der Waals surface area contributed by atoms with Crippen LogP contribution in [0.4, 0.5) is 0 Å². The lowest BCUT2D eigenvalue weighted by molar-refractivity contribution is 0.474. The highest BCUT2D eigenvalue weighted by molar-refractivity contribution is 5.26. The summed E-state index contributed by atoms with van der Waals surface area (Å²) in [5.74, 6) is 0.699. The summed E-state index contributed by atoms with van der Waals surface area (Å²) < 4.78 is 0. The van der Waals surface area contributed by atoms with Gasteiger partial charge in [-0.2, -0.15) is 0 Å². The van der Waals surface area contributed by atoms with Crippen molar-refractivity contribution >= 4 is 0 Å². The van der Waals surface area contributed by atoms with Gasteiger partial charge < -0.3 is 10.2 Å². The number of hydrogen-bond donors (Lipinski definition) is 2. The molecule has 0 saturated heterocycles. The van der Waals surface area contributed by atoms with E-state index in [9.17, 15) is 0 Å². The van der Waals surface area contributed by atoms with E-state index in [4.69, 9.17) is 10.2 Å². The summed E-state index contributed by atoms with van der Waals surface area (Å²) in [7, 11) is 0. The Morgan fingerprint density at radius 2 is 1.05 bits per heavy atom. The lowest BCUT2D eigenvalue weighted by Gasteiger charge is -1.98. The normalized spacial score (nSPS) is 9.81. The van der Waals surface area contributed by atoms with Crippen LogP contribution in [-0.2, 0) is 12.8 Å². The van der Waals surface area contributed by atoms with Gasteiger partial charge in [0, 0.05) is 0 Å². The number of phenolic OH excluding ortho intramolecular Hbond substituents is 2. The van der Waals surface area contributed by atoms with Crippen LogP contribution in [0, 0.1) is 0 Å². The van der Waals surface area contributed by atoms with Crippen molar-refractivity contribution < 1.29 is 10.2 Å². The highest BCUT2D eigenvalue weighted by Crippen LogP contribution is 2.11. The quantitative estimate of drug-likeness (QED) is 0.804. The van der Waals surface area contributed by atoms with Gasteiger partial charge in [-0.1, -0.05) is 51.0 Å². The predicted molar refractivity (Wildman–Crippen MR) is 88.8 cm³/mol. The van der Waals surface area contributed by atoms with E-state index >= 15 is 0 Å². The zero-order valence-corrected chi connectivity index (χ0v) is 13.0. The average molecular weight is 286 g/mol. The van der Waals surface area contributed by atoms with Crippen molar-refractivity contribution in [3.05, 3.63) is 59.7 Å². The molecule has 0 radical (unpaired) electrons. The monoisotopic (exact) mass is 286 g/mol. The van der Waals surface area contributed by atoms with Gasteiger partial charge >= 0.3 is 0 Å². The van der Waals surface area contributed by atoms with Gasteiger partial charge in [-0.25, -0.2) is 0 Å². The molecular weight excluding hydrogens is 260 g/mol. The average Bonchev–Trinajstić information content (AvgIpc) is 2.50. The van der Waals surface area contributed by atoms with Gasteiger partial charge in [-0.05, 0) is 54.7 Å². The minimum absolute atomic E-state index is 0.347. The maximum atomic E-state index is 8.98. The molecule has 2 heteroatoms. The van der Waals surface area contributed by atoms with Crippen molar-refractivity contribution in [2.45, 2.75) is 46.0 Å². The van der Waals surface area contributed by atoms with Crippen LogP contribution in [-0.4, -0.2) is 10.2 Å². The number of rotatable bonds is 5. The van der Waals surface area contributed by atoms with Gasteiger partial charge in [0.2, 0.25) is 0 Å². The van der Waals surface area contributed by atoms with E-state index < -0.39 is 0 Å². The Morgan fingerprint density at radius 3 is 1.43 bits per heavy atom. The first-order chi connectivity index (χ1) is 10.2. The lowest BCUT2D eigenvalue weighted by atomic mass is 10.1. The van der Waals surface area contributed by atoms with Gasteiger partial charge in [-0.15, -0.1) is 0 Å². The van der Waals surface area contributed by atoms with Crippen molar-refractivity contribution in [1.82, 2.24) is 0 Å². The summed E-state index contributed by atoms with van der Waals surface area (Å²) in [6.45, 7) is 4.33. The van der Waals surface area contributed by atoms with Crippen LogP contribution in [0.5, 0.6) is 11.5 Å². The molecule has 21 heavy (non-hydrogen) atoms. The molecule has 0 aliphatic carbocycles. The Hall–Kier alpha value is -1.96. The number of aryl methyl sites for hydroxylation is 2. The molecule has 2 nitrogen and oxygen atoms in total.